The van der Waals surface area contributed by atoms with Gasteiger partial charge in [0, 0.05) is 24.0 Å². The maximum absolute atomic E-state index is 13.0. The molecule has 2 aromatic carbocycles. The van der Waals surface area contributed by atoms with Crippen molar-refractivity contribution < 1.29 is 14.3 Å². The fraction of sp³-hybridized carbons (Fsp3) is 0.364. The summed E-state index contributed by atoms with van der Waals surface area (Å²) in [6, 6.07) is 15.0. The Morgan fingerprint density at radius 1 is 1.18 bits per heavy atom. The number of carbonyl (C=O) groups is 2. The molecule has 0 aliphatic carbocycles. The summed E-state index contributed by atoms with van der Waals surface area (Å²) in [5.74, 6) is -0.495. The third-order valence-corrected chi connectivity index (χ3v) is 5.47. The average Bonchev–Trinajstić information content (AvgIpc) is 2.73. The van der Waals surface area contributed by atoms with Crippen LogP contribution in [0.15, 0.2) is 48.5 Å². The number of nitrogens with zero attached hydrogens (tertiary/aromatic N) is 1. The zero-order valence-electron chi connectivity index (χ0n) is 16.2. The summed E-state index contributed by atoms with van der Waals surface area (Å²) in [6.45, 7) is 2.62. The highest BCUT2D eigenvalue weighted by Crippen LogP contribution is 2.24. The van der Waals surface area contributed by atoms with Crippen LogP contribution in [0, 0.1) is 0 Å². The van der Waals surface area contributed by atoms with Crippen LogP contribution in [-0.4, -0.2) is 36.5 Å². The molecule has 0 saturated heterocycles. The number of amides is 1. The Kier molecular flexibility index (Phi) is 6.70. The number of halogens is 1. The lowest BCUT2D eigenvalue weighted by atomic mass is 9.94. The summed E-state index contributed by atoms with van der Waals surface area (Å²) < 4.78 is 4.95. The van der Waals surface area contributed by atoms with Crippen molar-refractivity contribution in [2.24, 2.45) is 0 Å². The summed E-state index contributed by atoms with van der Waals surface area (Å²) in [5.41, 5.74) is 3.23. The first kappa shape index (κ1) is 20.4. The highest BCUT2D eigenvalue weighted by Gasteiger charge is 2.35. The Labute approximate surface area is 170 Å². The normalized spacial score (nSPS) is 17.0. The summed E-state index contributed by atoms with van der Waals surface area (Å²) in [5, 5.41) is 4.00. The van der Waals surface area contributed by atoms with Gasteiger partial charge >= 0.3 is 5.97 Å². The first-order valence-corrected chi connectivity index (χ1v) is 9.84. The molecule has 0 spiro atoms. The van der Waals surface area contributed by atoms with Crippen molar-refractivity contribution in [3.63, 3.8) is 0 Å². The Morgan fingerprint density at radius 2 is 1.86 bits per heavy atom. The molecule has 0 bridgehead atoms. The third-order valence-electron chi connectivity index (χ3n) is 5.22. The van der Waals surface area contributed by atoms with E-state index < -0.39 is 6.04 Å². The van der Waals surface area contributed by atoms with Crippen molar-refractivity contribution in [2.45, 2.75) is 38.4 Å². The van der Waals surface area contributed by atoms with Gasteiger partial charge in [-0.1, -0.05) is 54.9 Å². The van der Waals surface area contributed by atoms with Crippen molar-refractivity contribution in [1.82, 2.24) is 10.2 Å². The molecule has 1 amide bonds. The van der Waals surface area contributed by atoms with Crippen LogP contribution in [-0.2, 0) is 27.3 Å². The van der Waals surface area contributed by atoms with Gasteiger partial charge in [-0.15, -0.1) is 0 Å². The van der Waals surface area contributed by atoms with E-state index in [-0.39, 0.29) is 24.5 Å². The van der Waals surface area contributed by atoms with E-state index in [1.807, 2.05) is 48.5 Å². The van der Waals surface area contributed by atoms with Gasteiger partial charge in [0.2, 0.25) is 5.91 Å². The minimum absolute atomic E-state index is 0.0369. The van der Waals surface area contributed by atoms with Crippen molar-refractivity contribution in [3.05, 3.63) is 70.2 Å². The van der Waals surface area contributed by atoms with E-state index in [9.17, 15) is 9.59 Å². The summed E-state index contributed by atoms with van der Waals surface area (Å²) in [4.78, 5) is 26.9. The molecule has 1 aliphatic rings. The lowest BCUT2D eigenvalue weighted by molar-refractivity contribution is -0.153. The molecular formula is C22H25ClN2O3. The molecule has 28 heavy (non-hydrogen) atoms. The molecule has 148 valence electrons. The Balaban J connectivity index is 1.72. The second-order valence-corrected chi connectivity index (χ2v) is 7.36. The van der Waals surface area contributed by atoms with Crippen LogP contribution < -0.4 is 5.32 Å². The molecule has 2 unspecified atom stereocenters. The number of ether oxygens (including phenoxy) is 1. The van der Waals surface area contributed by atoms with Crippen LogP contribution in [0.2, 0.25) is 5.02 Å². The maximum Gasteiger partial charge on any atom is 0.328 e. The van der Waals surface area contributed by atoms with Crippen LogP contribution in [0.5, 0.6) is 0 Å². The Bertz CT molecular complexity index is 838. The van der Waals surface area contributed by atoms with Gasteiger partial charge in [-0.2, -0.15) is 0 Å². The van der Waals surface area contributed by atoms with E-state index in [1.165, 1.54) is 7.11 Å². The number of hydrogen-bond donors (Lipinski definition) is 1. The second-order valence-electron chi connectivity index (χ2n) is 6.93. The van der Waals surface area contributed by atoms with E-state index in [0.29, 0.717) is 18.0 Å². The smallest absolute Gasteiger partial charge is 0.328 e. The van der Waals surface area contributed by atoms with Crippen molar-refractivity contribution >= 4 is 23.5 Å². The van der Waals surface area contributed by atoms with Gasteiger partial charge in [0.15, 0.2) is 0 Å². The van der Waals surface area contributed by atoms with Crippen molar-refractivity contribution in [3.8, 4) is 0 Å². The van der Waals surface area contributed by atoms with E-state index >= 15 is 0 Å². The summed E-state index contributed by atoms with van der Waals surface area (Å²) >= 11 is 5.96. The highest BCUT2D eigenvalue weighted by molar-refractivity contribution is 6.30. The first-order valence-electron chi connectivity index (χ1n) is 9.46. The first-order chi connectivity index (χ1) is 13.5. The predicted octanol–water partition coefficient (Wildman–Crippen LogP) is 3.51. The average molecular weight is 401 g/mol. The van der Waals surface area contributed by atoms with Gasteiger partial charge in [-0.25, -0.2) is 4.79 Å². The molecule has 6 heteroatoms. The number of carbonyl (C=O) groups excluding carboxylic acids is 2. The molecule has 0 radical (unpaired) electrons. The number of esters is 1. The summed E-state index contributed by atoms with van der Waals surface area (Å²) in [6.07, 6.45) is 1.31. The number of methoxy groups -OCH3 is 1. The van der Waals surface area contributed by atoms with E-state index in [1.54, 1.807) is 4.90 Å². The van der Waals surface area contributed by atoms with Crippen LogP contribution in [0.25, 0.3) is 0 Å². The maximum atomic E-state index is 13.0. The standard InChI is InChI=1S/C22H25ClN2O3/c1-3-19(15-8-10-18(23)11-9-15)24-13-21(26)25-14-17-7-5-4-6-16(17)12-20(25)22(27)28-2/h4-11,19-20,24H,3,12-14H2,1-2H3. The molecule has 2 aromatic rings. The largest absolute Gasteiger partial charge is 0.467 e. The molecule has 3 rings (SSSR count). The SMILES string of the molecule is CCC(NCC(=O)N1Cc2ccccc2CC1C(=O)OC)c1ccc(Cl)cc1. The van der Waals surface area contributed by atoms with Gasteiger partial charge in [0.25, 0.3) is 0 Å². The fourth-order valence-electron chi connectivity index (χ4n) is 3.64. The number of hydrogen-bond acceptors (Lipinski definition) is 4. The van der Waals surface area contributed by atoms with Crippen LogP contribution in [0.1, 0.15) is 36.1 Å². The van der Waals surface area contributed by atoms with E-state index in [4.69, 9.17) is 16.3 Å². The molecular weight excluding hydrogens is 376 g/mol. The quantitative estimate of drug-likeness (QED) is 0.754. The van der Waals surface area contributed by atoms with Gasteiger partial charge in [0.05, 0.1) is 13.7 Å². The van der Waals surface area contributed by atoms with E-state index in [0.717, 1.165) is 23.1 Å². The highest BCUT2D eigenvalue weighted by atomic mass is 35.5. The number of fused-ring (bicyclic) bond motifs is 1. The molecule has 5 nitrogen and oxygen atoms in total. The molecule has 1 aliphatic heterocycles. The Hall–Kier alpha value is -2.37. The van der Waals surface area contributed by atoms with Crippen LogP contribution >= 0.6 is 11.6 Å². The molecule has 2 atom stereocenters. The minimum Gasteiger partial charge on any atom is -0.467 e. The molecule has 0 fully saturated rings. The van der Waals surface area contributed by atoms with Gasteiger partial charge in [-0.3, -0.25) is 4.79 Å². The van der Waals surface area contributed by atoms with Gasteiger partial charge in [0.1, 0.15) is 6.04 Å². The fourth-order valence-corrected chi connectivity index (χ4v) is 3.76. The van der Waals surface area contributed by atoms with Crippen molar-refractivity contribution in [1.29, 1.82) is 0 Å². The predicted molar refractivity (Wildman–Crippen MR) is 109 cm³/mol. The zero-order chi connectivity index (χ0) is 20.1. The minimum atomic E-state index is -0.593. The number of benzene rings is 2. The second kappa shape index (κ2) is 9.22. The van der Waals surface area contributed by atoms with E-state index in [2.05, 4.69) is 12.2 Å². The van der Waals surface area contributed by atoms with Crippen LogP contribution in [0.3, 0.4) is 0 Å². The lowest BCUT2D eigenvalue weighted by Gasteiger charge is -2.35. The van der Waals surface area contributed by atoms with Gasteiger partial charge in [-0.05, 0) is 35.2 Å². The van der Waals surface area contributed by atoms with Crippen LogP contribution in [0.4, 0.5) is 0 Å². The number of rotatable bonds is 6. The third kappa shape index (κ3) is 4.54. The monoisotopic (exact) mass is 400 g/mol. The molecule has 0 saturated carbocycles. The zero-order valence-corrected chi connectivity index (χ0v) is 16.9. The lowest BCUT2D eigenvalue weighted by Crippen LogP contribution is -2.51. The van der Waals surface area contributed by atoms with Gasteiger partial charge < -0.3 is 15.0 Å². The molecule has 0 aromatic heterocycles. The van der Waals surface area contributed by atoms with Crippen molar-refractivity contribution in [2.75, 3.05) is 13.7 Å². The topological polar surface area (TPSA) is 58.6 Å². The summed E-state index contributed by atoms with van der Waals surface area (Å²) in [7, 11) is 1.36. The number of nitrogens with one attached hydrogen (secondary N) is 1. The Morgan fingerprint density at radius 3 is 2.50 bits per heavy atom. The molecule has 1 N–H and O–H groups in total. The molecule has 1 heterocycles.